The molecule has 2 aromatic rings. The Morgan fingerprint density at radius 1 is 0.947 bits per heavy atom. The fourth-order valence-electron chi connectivity index (χ4n) is 2.04. The largest absolute Gasteiger partial charge is 0.480 e. The zero-order chi connectivity index (χ0) is 13.7. The second-order valence-electron chi connectivity index (χ2n) is 4.48. The number of hydrogen-bond acceptors (Lipinski definition) is 2. The lowest BCUT2D eigenvalue weighted by molar-refractivity contribution is -0.139. The Kier molecular flexibility index (Phi) is 4.31. The van der Waals surface area contributed by atoms with Crippen molar-refractivity contribution in [3.05, 3.63) is 71.8 Å². The van der Waals surface area contributed by atoms with Gasteiger partial charge in [0, 0.05) is 6.04 Å². The molecule has 0 spiro atoms. The Morgan fingerprint density at radius 2 is 1.42 bits per heavy atom. The van der Waals surface area contributed by atoms with Crippen LogP contribution in [0.15, 0.2) is 60.7 Å². The number of carboxylic acid groups (broad SMARTS) is 1. The van der Waals surface area contributed by atoms with E-state index in [1.807, 2.05) is 67.6 Å². The maximum absolute atomic E-state index is 11.4. The Balaban J connectivity index is 2.16. The van der Waals surface area contributed by atoms with Crippen LogP contribution < -0.4 is 5.32 Å². The normalized spacial score (nSPS) is 13.7. The summed E-state index contributed by atoms with van der Waals surface area (Å²) >= 11 is 0. The molecular formula is C16H17NO2. The molecule has 0 amide bonds. The van der Waals surface area contributed by atoms with Crippen LogP contribution in [0.4, 0.5) is 0 Å². The van der Waals surface area contributed by atoms with Gasteiger partial charge in [-0.3, -0.25) is 10.1 Å². The van der Waals surface area contributed by atoms with E-state index < -0.39 is 12.0 Å². The van der Waals surface area contributed by atoms with E-state index in [0.717, 1.165) is 11.1 Å². The lowest BCUT2D eigenvalue weighted by Crippen LogP contribution is -2.30. The Bertz CT molecular complexity index is 525. The van der Waals surface area contributed by atoms with Crippen LogP contribution in [-0.4, -0.2) is 11.1 Å². The molecule has 19 heavy (non-hydrogen) atoms. The SMILES string of the molecule is C[C@H](N[C@H](C(=O)O)c1ccccc1)c1ccccc1. The van der Waals surface area contributed by atoms with E-state index in [1.165, 1.54) is 0 Å². The van der Waals surface area contributed by atoms with Gasteiger partial charge in [-0.2, -0.15) is 0 Å². The van der Waals surface area contributed by atoms with Gasteiger partial charge in [0.05, 0.1) is 0 Å². The third-order valence-corrected chi connectivity index (χ3v) is 3.10. The van der Waals surface area contributed by atoms with Crippen LogP contribution in [0.25, 0.3) is 0 Å². The van der Waals surface area contributed by atoms with E-state index in [4.69, 9.17) is 0 Å². The average molecular weight is 255 g/mol. The molecular weight excluding hydrogens is 238 g/mol. The molecule has 0 radical (unpaired) electrons. The summed E-state index contributed by atoms with van der Waals surface area (Å²) in [5, 5.41) is 12.5. The number of nitrogens with one attached hydrogen (secondary N) is 1. The van der Waals surface area contributed by atoms with Gasteiger partial charge in [0.1, 0.15) is 6.04 Å². The molecule has 0 saturated heterocycles. The molecule has 0 aliphatic heterocycles. The molecule has 2 atom stereocenters. The third kappa shape index (κ3) is 3.42. The average Bonchev–Trinajstić information content (AvgIpc) is 2.46. The summed E-state index contributed by atoms with van der Waals surface area (Å²) in [5.41, 5.74) is 1.84. The highest BCUT2D eigenvalue weighted by Crippen LogP contribution is 2.19. The summed E-state index contributed by atoms with van der Waals surface area (Å²) in [6.07, 6.45) is 0. The molecule has 0 aliphatic carbocycles. The number of carbonyl (C=O) groups is 1. The highest BCUT2D eigenvalue weighted by Gasteiger charge is 2.21. The quantitative estimate of drug-likeness (QED) is 0.862. The van der Waals surface area contributed by atoms with Crippen molar-refractivity contribution in [3.8, 4) is 0 Å². The predicted molar refractivity (Wildman–Crippen MR) is 74.8 cm³/mol. The van der Waals surface area contributed by atoms with Gasteiger partial charge in [-0.25, -0.2) is 0 Å². The number of hydrogen-bond donors (Lipinski definition) is 2. The maximum atomic E-state index is 11.4. The van der Waals surface area contributed by atoms with Crippen molar-refractivity contribution in [1.29, 1.82) is 0 Å². The molecule has 0 aliphatic rings. The zero-order valence-corrected chi connectivity index (χ0v) is 10.8. The van der Waals surface area contributed by atoms with E-state index in [9.17, 15) is 9.90 Å². The molecule has 2 aromatic carbocycles. The van der Waals surface area contributed by atoms with Gasteiger partial charge < -0.3 is 5.11 Å². The van der Waals surface area contributed by atoms with E-state index in [1.54, 1.807) is 0 Å². The Labute approximate surface area is 112 Å². The molecule has 0 unspecified atom stereocenters. The maximum Gasteiger partial charge on any atom is 0.325 e. The van der Waals surface area contributed by atoms with Gasteiger partial charge in [0.15, 0.2) is 0 Å². The van der Waals surface area contributed by atoms with Gasteiger partial charge in [0.25, 0.3) is 0 Å². The second-order valence-corrected chi connectivity index (χ2v) is 4.48. The zero-order valence-electron chi connectivity index (χ0n) is 10.8. The first-order chi connectivity index (χ1) is 9.18. The summed E-state index contributed by atoms with van der Waals surface area (Å²) in [5.74, 6) is -0.867. The van der Waals surface area contributed by atoms with E-state index in [0.29, 0.717) is 0 Å². The molecule has 3 nitrogen and oxygen atoms in total. The van der Waals surface area contributed by atoms with Crippen LogP contribution in [0.3, 0.4) is 0 Å². The van der Waals surface area contributed by atoms with Gasteiger partial charge in [0.2, 0.25) is 0 Å². The fourth-order valence-corrected chi connectivity index (χ4v) is 2.04. The molecule has 2 N–H and O–H groups in total. The summed E-state index contributed by atoms with van der Waals surface area (Å²) in [6.45, 7) is 1.97. The molecule has 0 heterocycles. The van der Waals surface area contributed by atoms with Crippen molar-refractivity contribution >= 4 is 5.97 Å². The first kappa shape index (κ1) is 13.3. The van der Waals surface area contributed by atoms with Crippen LogP contribution in [0.5, 0.6) is 0 Å². The summed E-state index contributed by atoms with van der Waals surface area (Å²) in [7, 11) is 0. The fraction of sp³-hybridized carbons (Fsp3) is 0.188. The predicted octanol–water partition coefficient (Wildman–Crippen LogP) is 3.16. The molecule has 0 bridgehead atoms. The molecule has 0 fully saturated rings. The number of aliphatic carboxylic acids is 1. The molecule has 2 rings (SSSR count). The lowest BCUT2D eigenvalue weighted by atomic mass is 10.0. The third-order valence-electron chi connectivity index (χ3n) is 3.10. The van der Waals surface area contributed by atoms with E-state index >= 15 is 0 Å². The van der Waals surface area contributed by atoms with Gasteiger partial charge in [-0.15, -0.1) is 0 Å². The summed E-state index contributed by atoms with van der Waals surface area (Å²) < 4.78 is 0. The van der Waals surface area contributed by atoms with Crippen molar-refractivity contribution in [2.24, 2.45) is 0 Å². The minimum Gasteiger partial charge on any atom is -0.480 e. The Hall–Kier alpha value is -2.13. The second kappa shape index (κ2) is 6.16. The van der Waals surface area contributed by atoms with Gasteiger partial charge >= 0.3 is 5.97 Å². The minimum absolute atomic E-state index is 0.0255. The molecule has 0 saturated carbocycles. The van der Waals surface area contributed by atoms with Crippen molar-refractivity contribution in [3.63, 3.8) is 0 Å². The summed E-state index contributed by atoms with van der Waals surface area (Å²) in [4.78, 5) is 11.4. The monoisotopic (exact) mass is 255 g/mol. The standard InChI is InChI=1S/C16H17NO2/c1-12(13-8-4-2-5-9-13)17-15(16(18)19)14-10-6-3-7-11-14/h2-12,15,17H,1H3,(H,18,19)/t12-,15-/m0/s1. The van der Waals surface area contributed by atoms with Crippen LogP contribution in [-0.2, 0) is 4.79 Å². The van der Waals surface area contributed by atoms with Crippen molar-refractivity contribution in [1.82, 2.24) is 5.32 Å². The number of carboxylic acids is 1. The van der Waals surface area contributed by atoms with Crippen molar-refractivity contribution in [2.75, 3.05) is 0 Å². The van der Waals surface area contributed by atoms with Crippen molar-refractivity contribution in [2.45, 2.75) is 19.0 Å². The lowest BCUT2D eigenvalue weighted by Gasteiger charge is -2.20. The highest BCUT2D eigenvalue weighted by molar-refractivity contribution is 5.75. The first-order valence-corrected chi connectivity index (χ1v) is 6.27. The van der Waals surface area contributed by atoms with Crippen LogP contribution in [0.1, 0.15) is 30.1 Å². The topological polar surface area (TPSA) is 49.3 Å². The van der Waals surface area contributed by atoms with Crippen LogP contribution in [0, 0.1) is 0 Å². The number of benzene rings is 2. The van der Waals surface area contributed by atoms with Gasteiger partial charge in [-0.1, -0.05) is 60.7 Å². The van der Waals surface area contributed by atoms with Crippen LogP contribution >= 0.6 is 0 Å². The minimum atomic E-state index is -0.867. The van der Waals surface area contributed by atoms with Crippen molar-refractivity contribution < 1.29 is 9.90 Å². The molecule has 3 heteroatoms. The first-order valence-electron chi connectivity index (χ1n) is 6.27. The van der Waals surface area contributed by atoms with Gasteiger partial charge in [-0.05, 0) is 18.1 Å². The van der Waals surface area contributed by atoms with E-state index in [-0.39, 0.29) is 6.04 Å². The Morgan fingerprint density at radius 3 is 1.89 bits per heavy atom. The number of rotatable bonds is 5. The molecule has 98 valence electrons. The smallest absolute Gasteiger partial charge is 0.325 e. The highest BCUT2D eigenvalue weighted by atomic mass is 16.4. The van der Waals surface area contributed by atoms with E-state index in [2.05, 4.69) is 5.32 Å². The molecule has 0 aromatic heterocycles. The van der Waals surface area contributed by atoms with Crippen LogP contribution in [0.2, 0.25) is 0 Å². The summed E-state index contributed by atoms with van der Waals surface area (Å²) in [6, 6.07) is 18.3.